The number of aryl methyl sites for hydroxylation is 1. The lowest BCUT2D eigenvalue weighted by molar-refractivity contribution is -0.173. The van der Waals surface area contributed by atoms with E-state index in [1.807, 2.05) is 0 Å². The quantitative estimate of drug-likeness (QED) is 0.901. The molecule has 0 spiro atoms. The Morgan fingerprint density at radius 3 is 2.91 bits per heavy atom. The van der Waals surface area contributed by atoms with Crippen LogP contribution in [0.4, 0.5) is 13.2 Å². The molecule has 1 fully saturated rings. The van der Waals surface area contributed by atoms with Crippen LogP contribution < -0.4 is 5.32 Å². The minimum Gasteiger partial charge on any atom is -0.368 e. The third-order valence-electron chi connectivity index (χ3n) is 4.34. The summed E-state index contributed by atoms with van der Waals surface area (Å²) in [6, 6.07) is 0. The summed E-state index contributed by atoms with van der Waals surface area (Å²) in [5.41, 5.74) is 0. The lowest BCUT2D eigenvalue weighted by Crippen LogP contribution is -2.36. The van der Waals surface area contributed by atoms with Gasteiger partial charge in [-0.2, -0.15) is 13.2 Å². The fraction of sp³-hybridized carbons (Fsp3) is 0.786. The van der Waals surface area contributed by atoms with Crippen molar-refractivity contribution >= 4 is 5.91 Å². The van der Waals surface area contributed by atoms with Gasteiger partial charge in [-0.25, -0.2) is 0 Å². The van der Waals surface area contributed by atoms with E-state index in [1.54, 1.807) is 0 Å². The molecule has 3 heterocycles. The van der Waals surface area contributed by atoms with Crippen molar-refractivity contribution in [1.29, 1.82) is 0 Å². The van der Waals surface area contributed by atoms with Crippen LogP contribution in [0.15, 0.2) is 0 Å². The highest BCUT2D eigenvalue weighted by Gasteiger charge is 2.46. The van der Waals surface area contributed by atoms with Gasteiger partial charge >= 0.3 is 6.18 Å². The summed E-state index contributed by atoms with van der Waals surface area (Å²) in [5.74, 6) is -0.276. The fourth-order valence-electron chi connectivity index (χ4n) is 3.00. The Hall–Kier alpha value is -1.64. The van der Waals surface area contributed by atoms with Crippen LogP contribution in [0.25, 0.3) is 0 Å². The van der Waals surface area contributed by atoms with Crippen LogP contribution in [0.3, 0.4) is 0 Å². The van der Waals surface area contributed by atoms with Crippen molar-refractivity contribution in [3.63, 3.8) is 0 Å². The van der Waals surface area contributed by atoms with E-state index >= 15 is 0 Å². The summed E-state index contributed by atoms with van der Waals surface area (Å²) in [6.07, 6.45) is -2.03. The molecule has 0 aromatic carbocycles. The van der Waals surface area contributed by atoms with Gasteiger partial charge in [0, 0.05) is 25.9 Å². The van der Waals surface area contributed by atoms with Gasteiger partial charge in [0.05, 0.1) is 12.5 Å². The normalized spacial score (nSPS) is 24.5. The first-order chi connectivity index (χ1) is 10.9. The summed E-state index contributed by atoms with van der Waals surface area (Å²) >= 11 is 0. The Bertz CT molecular complexity index is 573. The lowest BCUT2D eigenvalue weighted by Gasteiger charge is -2.15. The molecule has 2 atom stereocenters. The zero-order chi connectivity index (χ0) is 16.4. The van der Waals surface area contributed by atoms with Crippen LogP contribution in [0, 0.1) is 5.92 Å². The fourth-order valence-corrected chi connectivity index (χ4v) is 3.00. The lowest BCUT2D eigenvalue weighted by atomic mass is 10.1. The number of carbonyl (C=O) groups excluding carboxylic acids is 1. The van der Waals surface area contributed by atoms with Crippen LogP contribution in [-0.4, -0.2) is 46.1 Å². The van der Waals surface area contributed by atoms with Crippen molar-refractivity contribution in [1.82, 2.24) is 20.1 Å². The maximum absolute atomic E-state index is 12.6. The zero-order valence-corrected chi connectivity index (χ0v) is 12.6. The number of rotatable bonds is 4. The molecular formula is C14H19F3N4O2. The Morgan fingerprint density at radius 1 is 1.35 bits per heavy atom. The van der Waals surface area contributed by atoms with Crippen LogP contribution in [-0.2, 0) is 28.9 Å². The van der Waals surface area contributed by atoms with Crippen LogP contribution in [0.1, 0.15) is 30.9 Å². The summed E-state index contributed by atoms with van der Waals surface area (Å²) in [7, 11) is 0. The van der Waals surface area contributed by atoms with Crippen molar-refractivity contribution in [3.8, 4) is 0 Å². The molecule has 1 amide bonds. The number of aromatic nitrogens is 3. The molecule has 1 saturated heterocycles. The van der Waals surface area contributed by atoms with Gasteiger partial charge in [-0.1, -0.05) is 0 Å². The van der Waals surface area contributed by atoms with Crippen LogP contribution in [0.5, 0.6) is 0 Å². The molecule has 2 aliphatic rings. The van der Waals surface area contributed by atoms with E-state index in [0.717, 1.165) is 37.5 Å². The van der Waals surface area contributed by atoms with E-state index in [9.17, 15) is 18.0 Å². The first kappa shape index (κ1) is 16.2. The second kappa shape index (κ2) is 6.46. The van der Waals surface area contributed by atoms with Gasteiger partial charge < -0.3 is 14.6 Å². The van der Waals surface area contributed by atoms with Gasteiger partial charge in [-0.3, -0.25) is 4.79 Å². The van der Waals surface area contributed by atoms with Crippen molar-refractivity contribution in [2.24, 2.45) is 5.92 Å². The summed E-state index contributed by atoms with van der Waals surface area (Å²) in [4.78, 5) is 11.9. The number of fused-ring (bicyclic) bond motifs is 1. The van der Waals surface area contributed by atoms with E-state index in [-0.39, 0.29) is 6.42 Å². The molecule has 0 aliphatic carbocycles. The summed E-state index contributed by atoms with van der Waals surface area (Å²) in [5, 5.41) is 10.9. The summed E-state index contributed by atoms with van der Waals surface area (Å²) in [6.45, 7) is 0.747. The molecule has 2 unspecified atom stereocenters. The third kappa shape index (κ3) is 3.65. The molecule has 6 nitrogen and oxygen atoms in total. The van der Waals surface area contributed by atoms with E-state index < -0.39 is 30.7 Å². The smallest absolute Gasteiger partial charge is 0.368 e. The zero-order valence-electron chi connectivity index (χ0n) is 12.6. The Kier molecular flexibility index (Phi) is 4.56. The van der Waals surface area contributed by atoms with Crippen molar-refractivity contribution in [2.75, 3.05) is 13.2 Å². The number of halogens is 3. The number of hydrogen-bond donors (Lipinski definition) is 1. The second-order valence-electron chi connectivity index (χ2n) is 5.98. The van der Waals surface area contributed by atoms with E-state index in [0.29, 0.717) is 13.0 Å². The average Bonchev–Trinajstić information content (AvgIpc) is 3.14. The molecule has 23 heavy (non-hydrogen) atoms. The van der Waals surface area contributed by atoms with Gasteiger partial charge in [0.2, 0.25) is 5.91 Å². The number of amides is 1. The molecule has 2 aliphatic heterocycles. The number of nitrogens with zero attached hydrogens (tertiary/aromatic N) is 3. The average molecular weight is 332 g/mol. The van der Waals surface area contributed by atoms with Gasteiger partial charge in [0.15, 0.2) is 0 Å². The molecule has 1 aromatic rings. The maximum atomic E-state index is 12.6. The Morgan fingerprint density at radius 2 is 2.17 bits per heavy atom. The second-order valence-corrected chi connectivity index (χ2v) is 5.98. The standard InChI is InChI=1S/C14H19F3N4O2/c15-14(16,17)9-7-10(23-8-9)13(22)18-5-4-12-20-19-11-3-1-2-6-21(11)12/h9-10H,1-8H2,(H,18,22). The number of nitrogens with one attached hydrogen (secondary N) is 1. The molecule has 0 radical (unpaired) electrons. The van der Waals surface area contributed by atoms with Crippen LogP contribution >= 0.6 is 0 Å². The molecule has 1 aromatic heterocycles. The highest BCUT2D eigenvalue weighted by atomic mass is 19.4. The third-order valence-corrected chi connectivity index (χ3v) is 4.34. The largest absolute Gasteiger partial charge is 0.394 e. The van der Waals surface area contributed by atoms with Crippen molar-refractivity contribution in [2.45, 2.75) is 50.9 Å². The molecule has 1 N–H and O–H groups in total. The Balaban J connectivity index is 1.46. The highest BCUT2D eigenvalue weighted by Crippen LogP contribution is 2.34. The van der Waals surface area contributed by atoms with Gasteiger partial charge in [-0.05, 0) is 19.3 Å². The van der Waals surface area contributed by atoms with Gasteiger partial charge in [-0.15, -0.1) is 10.2 Å². The Labute approximate surface area is 131 Å². The molecule has 3 rings (SSSR count). The molecule has 128 valence electrons. The minimum absolute atomic E-state index is 0.310. The maximum Gasteiger partial charge on any atom is 0.394 e. The number of ether oxygens (including phenoxy) is 1. The van der Waals surface area contributed by atoms with Crippen LogP contribution in [0.2, 0.25) is 0 Å². The minimum atomic E-state index is -4.31. The molecule has 0 saturated carbocycles. The number of alkyl halides is 3. The van der Waals surface area contributed by atoms with E-state index in [1.165, 1.54) is 0 Å². The van der Waals surface area contributed by atoms with E-state index in [4.69, 9.17) is 4.74 Å². The van der Waals surface area contributed by atoms with E-state index in [2.05, 4.69) is 20.1 Å². The highest BCUT2D eigenvalue weighted by molar-refractivity contribution is 5.81. The van der Waals surface area contributed by atoms with Crippen molar-refractivity contribution in [3.05, 3.63) is 11.6 Å². The molecular weight excluding hydrogens is 313 g/mol. The first-order valence-electron chi connectivity index (χ1n) is 7.82. The number of hydrogen-bond acceptors (Lipinski definition) is 4. The molecule has 9 heteroatoms. The summed E-state index contributed by atoms with van der Waals surface area (Å²) < 4.78 is 44.7. The SMILES string of the molecule is O=C(NCCc1nnc2n1CCCC2)C1CC(C(F)(F)F)CO1. The predicted octanol–water partition coefficient (Wildman–Crippen LogP) is 1.24. The monoisotopic (exact) mass is 332 g/mol. The number of carbonyl (C=O) groups is 1. The van der Waals surface area contributed by atoms with Crippen molar-refractivity contribution < 1.29 is 22.7 Å². The first-order valence-corrected chi connectivity index (χ1v) is 7.82. The topological polar surface area (TPSA) is 69.0 Å². The predicted molar refractivity (Wildman–Crippen MR) is 73.6 cm³/mol. The van der Waals surface area contributed by atoms with Gasteiger partial charge in [0.1, 0.15) is 17.8 Å². The van der Waals surface area contributed by atoms with Gasteiger partial charge in [0.25, 0.3) is 0 Å². The molecule has 0 bridgehead atoms.